The molecule has 1 aromatic carbocycles. The number of carbonyl (C=O) groups excluding carboxylic acids is 1. The number of halogens is 1. The van der Waals surface area contributed by atoms with E-state index in [-0.39, 0.29) is 12.1 Å². The lowest BCUT2D eigenvalue weighted by Crippen LogP contribution is -2.41. The molecule has 1 aliphatic rings. The number of fused-ring (bicyclic) bond motifs is 1. The van der Waals surface area contributed by atoms with E-state index in [0.29, 0.717) is 10.2 Å². The number of imidazole rings is 1. The Morgan fingerprint density at radius 3 is 3.00 bits per heavy atom. The minimum Gasteiger partial charge on any atom is -0.329 e. The number of thiophene rings is 1. The molecule has 2 amide bonds. The highest BCUT2D eigenvalue weighted by Gasteiger charge is 2.30. The maximum atomic E-state index is 13.0. The Morgan fingerprint density at radius 1 is 1.30 bits per heavy atom. The van der Waals surface area contributed by atoms with E-state index < -0.39 is 0 Å². The van der Waals surface area contributed by atoms with E-state index in [9.17, 15) is 4.79 Å². The molecule has 0 saturated carbocycles. The van der Waals surface area contributed by atoms with E-state index in [1.807, 2.05) is 54.7 Å². The predicted molar refractivity (Wildman–Crippen MR) is 120 cm³/mol. The highest BCUT2D eigenvalue weighted by atomic mass is 35.5. The Balaban J connectivity index is 1.31. The van der Waals surface area contributed by atoms with E-state index in [0.717, 1.165) is 47.5 Å². The fourth-order valence-corrected chi connectivity index (χ4v) is 5.01. The summed E-state index contributed by atoms with van der Waals surface area (Å²) in [4.78, 5) is 20.4. The van der Waals surface area contributed by atoms with Gasteiger partial charge in [-0.15, -0.1) is 11.3 Å². The molecule has 5 rings (SSSR count). The number of hydrogen-bond acceptors (Lipinski definition) is 4. The number of rotatable bonds is 4. The van der Waals surface area contributed by atoms with Crippen LogP contribution in [0.5, 0.6) is 0 Å². The van der Waals surface area contributed by atoms with Crippen LogP contribution in [0.2, 0.25) is 4.34 Å². The predicted octanol–water partition coefficient (Wildman–Crippen LogP) is 4.85. The van der Waals surface area contributed by atoms with Crippen molar-refractivity contribution < 1.29 is 4.79 Å². The number of urea groups is 1. The van der Waals surface area contributed by atoms with Crippen LogP contribution in [-0.2, 0) is 13.6 Å². The maximum Gasteiger partial charge on any atom is 0.323 e. The van der Waals surface area contributed by atoms with Gasteiger partial charge in [0, 0.05) is 26.2 Å². The summed E-state index contributed by atoms with van der Waals surface area (Å²) in [6.07, 6.45) is 3.83. The minimum atomic E-state index is -0.0966. The Bertz CT molecular complexity index is 1210. The van der Waals surface area contributed by atoms with Crippen LogP contribution in [0.25, 0.3) is 21.6 Å². The van der Waals surface area contributed by atoms with Crippen molar-refractivity contribution in [1.82, 2.24) is 24.2 Å². The van der Waals surface area contributed by atoms with Crippen molar-refractivity contribution in [1.29, 1.82) is 0 Å². The van der Waals surface area contributed by atoms with Crippen molar-refractivity contribution in [2.75, 3.05) is 11.9 Å². The van der Waals surface area contributed by atoms with Crippen LogP contribution >= 0.6 is 22.9 Å². The lowest BCUT2D eigenvalue weighted by Gasteiger charge is -2.25. The van der Waals surface area contributed by atoms with Crippen LogP contribution in [-0.4, -0.2) is 42.8 Å². The molecule has 1 fully saturated rings. The van der Waals surface area contributed by atoms with Gasteiger partial charge in [0.1, 0.15) is 11.5 Å². The molecule has 0 bridgehead atoms. The second-order valence-electron chi connectivity index (χ2n) is 7.45. The van der Waals surface area contributed by atoms with Crippen LogP contribution in [0, 0.1) is 0 Å². The summed E-state index contributed by atoms with van der Waals surface area (Å²) < 4.78 is 4.54. The average Bonchev–Trinajstić information content (AvgIpc) is 3.51. The van der Waals surface area contributed by atoms with Gasteiger partial charge in [0.05, 0.1) is 32.6 Å². The number of anilines is 1. The Morgan fingerprint density at radius 2 is 2.17 bits per heavy atom. The van der Waals surface area contributed by atoms with Crippen LogP contribution in [0.4, 0.5) is 10.6 Å². The highest BCUT2D eigenvalue weighted by Crippen LogP contribution is 2.31. The van der Waals surface area contributed by atoms with Crippen molar-refractivity contribution in [2.24, 2.45) is 7.05 Å². The summed E-state index contributed by atoms with van der Waals surface area (Å²) in [5.74, 6) is 0.665. The molecular formula is C21H21ClN6OS. The zero-order valence-electron chi connectivity index (χ0n) is 16.5. The summed E-state index contributed by atoms with van der Waals surface area (Å²) in [6.45, 7) is 1.48. The number of nitrogens with one attached hydrogen (secondary N) is 1. The molecule has 1 saturated heterocycles. The number of benzene rings is 1. The van der Waals surface area contributed by atoms with Crippen LogP contribution in [0.3, 0.4) is 0 Å². The maximum absolute atomic E-state index is 13.0. The molecule has 0 spiro atoms. The fraction of sp³-hybridized carbons (Fsp3) is 0.286. The number of carbonyl (C=O) groups is 1. The molecule has 0 aliphatic carbocycles. The second kappa shape index (κ2) is 7.77. The van der Waals surface area contributed by atoms with Gasteiger partial charge in [0.25, 0.3) is 0 Å². The quantitative estimate of drug-likeness (QED) is 0.493. The molecule has 1 aliphatic heterocycles. The Kier molecular flexibility index (Phi) is 4.96. The monoisotopic (exact) mass is 440 g/mol. The molecule has 4 aromatic rings. The van der Waals surface area contributed by atoms with Crippen molar-refractivity contribution in [2.45, 2.75) is 25.4 Å². The van der Waals surface area contributed by atoms with Crippen LogP contribution < -0.4 is 5.32 Å². The van der Waals surface area contributed by atoms with Crippen molar-refractivity contribution in [3.63, 3.8) is 0 Å². The van der Waals surface area contributed by atoms with Gasteiger partial charge in [-0.3, -0.25) is 10.00 Å². The van der Waals surface area contributed by atoms with E-state index in [1.165, 1.54) is 11.3 Å². The second-order valence-corrected chi connectivity index (χ2v) is 9.16. The summed E-state index contributed by atoms with van der Waals surface area (Å²) in [5.41, 5.74) is 2.87. The first-order valence-electron chi connectivity index (χ1n) is 9.86. The van der Waals surface area contributed by atoms with Crippen LogP contribution in [0.15, 0.2) is 48.8 Å². The third kappa shape index (κ3) is 3.57. The van der Waals surface area contributed by atoms with Gasteiger partial charge in [-0.05, 0) is 37.1 Å². The Hall–Kier alpha value is -2.84. The van der Waals surface area contributed by atoms with Gasteiger partial charge in [-0.2, -0.15) is 5.10 Å². The van der Waals surface area contributed by atoms with E-state index in [1.54, 1.807) is 4.68 Å². The summed E-state index contributed by atoms with van der Waals surface area (Å²) in [7, 11) is 1.83. The molecule has 1 unspecified atom stereocenters. The number of likely N-dealkylation sites (tertiary alicyclic amines) is 1. The third-order valence-corrected chi connectivity index (χ3v) is 6.77. The van der Waals surface area contributed by atoms with Gasteiger partial charge in [0.2, 0.25) is 0 Å². The van der Waals surface area contributed by atoms with Crippen molar-refractivity contribution in [3.05, 3.63) is 53.1 Å². The standard InChI is InChI=1S/C21H21ClN6OS/c1-26-20(11-16(25-26)18-8-9-19(22)30-18)24-21(29)28-10-4-5-14(28)12-27-13-23-15-6-2-3-7-17(15)27/h2-3,6-9,11,13-14H,4-5,10,12H2,1H3,(H,24,29). The topological polar surface area (TPSA) is 68.0 Å². The van der Waals surface area contributed by atoms with Gasteiger partial charge in [-0.1, -0.05) is 23.7 Å². The molecule has 9 heteroatoms. The lowest BCUT2D eigenvalue weighted by atomic mass is 10.2. The van der Waals surface area contributed by atoms with Gasteiger partial charge >= 0.3 is 6.03 Å². The highest BCUT2D eigenvalue weighted by molar-refractivity contribution is 7.19. The number of aromatic nitrogens is 4. The number of amides is 2. The molecular weight excluding hydrogens is 420 g/mol. The van der Waals surface area contributed by atoms with Gasteiger partial charge in [0.15, 0.2) is 0 Å². The van der Waals surface area contributed by atoms with Gasteiger partial charge in [-0.25, -0.2) is 9.78 Å². The fourth-order valence-electron chi connectivity index (χ4n) is 4.01. The largest absolute Gasteiger partial charge is 0.329 e. The van der Waals surface area contributed by atoms with E-state index in [4.69, 9.17) is 11.6 Å². The lowest BCUT2D eigenvalue weighted by molar-refractivity contribution is 0.201. The summed E-state index contributed by atoms with van der Waals surface area (Å²) in [6, 6.07) is 13.8. The van der Waals surface area contributed by atoms with E-state index in [2.05, 4.69) is 26.0 Å². The normalized spacial score (nSPS) is 16.5. The first kappa shape index (κ1) is 19.1. The number of hydrogen-bond donors (Lipinski definition) is 1. The number of para-hydroxylation sites is 2. The number of aryl methyl sites for hydroxylation is 1. The van der Waals surface area contributed by atoms with E-state index >= 15 is 0 Å². The number of nitrogens with zero attached hydrogens (tertiary/aromatic N) is 5. The molecule has 1 atom stereocenters. The van der Waals surface area contributed by atoms with Gasteiger partial charge < -0.3 is 9.47 Å². The first-order valence-corrected chi connectivity index (χ1v) is 11.0. The smallest absolute Gasteiger partial charge is 0.323 e. The summed E-state index contributed by atoms with van der Waals surface area (Å²) in [5, 5.41) is 7.54. The molecule has 7 nitrogen and oxygen atoms in total. The van der Waals surface area contributed by atoms with Crippen molar-refractivity contribution >= 4 is 45.8 Å². The molecule has 0 radical (unpaired) electrons. The first-order chi connectivity index (χ1) is 14.6. The summed E-state index contributed by atoms with van der Waals surface area (Å²) >= 11 is 7.51. The minimum absolute atomic E-state index is 0.0966. The average molecular weight is 441 g/mol. The molecule has 4 heterocycles. The molecule has 154 valence electrons. The third-order valence-electron chi connectivity index (χ3n) is 5.51. The zero-order chi connectivity index (χ0) is 20.7. The van der Waals surface area contributed by atoms with Crippen molar-refractivity contribution in [3.8, 4) is 10.6 Å². The molecule has 1 N–H and O–H groups in total. The Labute approximate surface area is 182 Å². The SMILES string of the molecule is Cn1nc(-c2ccc(Cl)s2)cc1NC(=O)N1CCCC1Cn1cnc2ccccc21. The zero-order valence-corrected chi connectivity index (χ0v) is 18.0. The molecule has 30 heavy (non-hydrogen) atoms. The molecule has 3 aromatic heterocycles. The van der Waals surface area contributed by atoms with Crippen LogP contribution in [0.1, 0.15) is 12.8 Å².